The van der Waals surface area contributed by atoms with Crippen molar-refractivity contribution >= 4 is 22.7 Å². The molecule has 0 amide bonds. The molecule has 30 heavy (non-hydrogen) atoms. The van der Waals surface area contributed by atoms with E-state index in [1.807, 2.05) is 62.4 Å². The van der Waals surface area contributed by atoms with Crippen LogP contribution in [0.2, 0.25) is 0 Å². The lowest BCUT2D eigenvalue weighted by Crippen LogP contribution is -2.26. The van der Waals surface area contributed by atoms with Crippen LogP contribution >= 0.6 is 0 Å². The Kier molecular flexibility index (Phi) is 4.03. The maximum atomic E-state index is 13.4. The number of aryl methyl sites for hydroxylation is 2. The summed E-state index contributed by atoms with van der Waals surface area (Å²) in [5, 5.41) is 3.21. The molecule has 3 aromatic carbocycles. The van der Waals surface area contributed by atoms with Crippen molar-refractivity contribution < 1.29 is 0 Å². The lowest BCUT2D eigenvalue weighted by Gasteiger charge is -2.11. The minimum atomic E-state index is -0.487. The van der Waals surface area contributed by atoms with E-state index < -0.39 is 11.4 Å². The predicted molar refractivity (Wildman–Crippen MR) is 117 cm³/mol. The molecule has 5 rings (SSSR count). The van der Waals surface area contributed by atoms with E-state index in [4.69, 9.17) is 0 Å². The van der Waals surface area contributed by atoms with Crippen LogP contribution in [0.3, 0.4) is 0 Å². The van der Waals surface area contributed by atoms with Gasteiger partial charge in [0.1, 0.15) is 0 Å². The molecule has 5 aromatic rings. The third-order valence-electron chi connectivity index (χ3n) is 5.09. The van der Waals surface area contributed by atoms with E-state index >= 15 is 0 Å². The topological polar surface area (TPSA) is 72.8 Å². The zero-order valence-electron chi connectivity index (χ0n) is 16.5. The quantitative estimate of drug-likeness (QED) is 0.506. The molecule has 0 unspecified atom stereocenters. The highest BCUT2D eigenvalue weighted by Crippen LogP contribution is 2.20. The van der Waals surface area contributed by atoms with Crippen molar-refractivity contribution in [1.29, 1.82) is 0 Å². The Hall–Kier alpha value is -4.13. The van der Waals surface area contributed by atoms with E-state index in [0.717, 1.165) is 21.4 Å². The van der Waals surface area contributed by atoms with E-state index in [9.17, 15) is 9.59 Å². The number of hydrogen-bond acceptors (Lipinski definition) is 4. The van der Waals surface area contributed by atoms with Crippen LogP contribution in [0.5, 0.6) is 0 Å². The molecule has 0 aliphatic carbocycles. The van der Waals surface area contributed by atoms with E-state index in [2.05, 4.69) is 10.3 Å². The Bertz CT molecular complexity index is 1530. The molecule has 0 bridgehead atoms. The molecule has 0 fully saturated rings. The van der Waals surface area contributed by atoms with Crippen LogP contribution in [0.25, 0.3) is 16.7 Å². The van der Waals surface area contributed by atoms with Crippen molar-refractivity contribution in [2.75, 3.05) is 5.32 Å². The van der Waals surface area contributed by atoms with Crippen LogP contribution < -0.4 is 16.7 Å². The fraction of sp³-hybridized carbons (Fsp3) is 0.0870. The molecule has 2 heterocycles. The van der Waals surface area contributed by atoms with Crippen LogP contribution in [0.1, 0.15) is 11.1 Å². The molecule has 0 aliphatic heterocycles. The smallest absolute Gasteiger partial charge is 0.324 e. The predicted octanol–water partition coefficient (Wildman–Crippen LogP) is 3.46. The van der Waals surface area contributed by atoms with Crippen LogP contribution in [0.4, 0.5) is 11.6 Å². The average molecular weight is 397 g/mol. The average Bonchev–Trinajstić information content (AvgIpc) is 3.00. The summed E-state index contributed by atoms with van der Waals surface area (Å²) >= 11 is 0. The van der Waals surface area contributed by atoms with Crippen LogP contribution in [-0.2, 0) is 0 Å². The van der Waals surface area contributed by atoms with Gasteiger partial charge in [-0.25, -0.2) is 19.1 Å². The number of benzene rings is 3. The van der Waals surface area contributed by atoms with Gasteiger partial charge in [-0.15, -0.1) is 0 Å². The first kappa shape index (κ1) is 17.9. The zero-order chi connectivity index (χ0) is 20.8. The second kappa shape index (κ2) is 6.73. The highest BCUT2D eigenvalue weighted by atomic mass is 16.2. The van der Waals surface area contributed by atoms with Gasteiger partial charge in [-0.05, 0) is 55.3 Å². The molecule has 7 heteroatoms. The summed E-state index contributed by atoms with van der Waals surface area (Å²) in [6.07, 6.45) is 0. The fourth-order valence-corrected chi connectivity index (χ4v) is 3.72. The van der Waals surface area contributed by atoms with Crippen molar-refractivity contribution in [3.8, 4) is 5.69 Å². The lowest BCUT2D eigenvalue weighted by molar-refractivity contribution is 0.791. The second-order valence-corrected chi connectivity index (χ2v) is 7.23. The van der Waals surface area contributed by atoms with Crippen LogP contribution in [0.15, 0.2) is 82.4 Å². The molecule has 7 nitrogen and oxygen atoms in total. The molecular formula is C23H19N5O2. The van der Waals surface area contributed by atoms with Gasteiger partial charge in [-0.1, -0.05) is 42.5 Å². The Labute approximate surface area is 171 Å². The van der Waals surface area contributed by atoms with Gasteiger partial charge in [0.25, 0.3) is 0 Å². The molecule has 0 aliphatic rings. The zero-order valence-corrected chi connectivity index (χ0v) is 16.5. The van der Waals surface area contributed by atoms with Gasteiger partial charge in [-0.3, -0.25) is 0 Å². The van der Waals surface area contributed by atoms with Crippen LogP contribution in [-0.4, -0.2) is 18.6 Å². The van der Waals surface area contributed by atoms with Gasteiger partial charge in [-0.2, -0.15) is 9.03 Å². The van der Waals surface area contributed by atoms with Gasteiger partial charge < -0.3 is 5.32 Å². The van der Waals surface area contributed by atoms with Gasteiger partial charge in [0.05, 0.1) is 16.7 Å². The van der Waals surface area contributed by atoms with Gasteiger partial charge >= 0.3 is 11.4 Å². The summed E-state index contributed by atoms with van der Waals surface area (Å²) in [5.41, 5.74) is 3.50. The highest BCUT2D eigenvalue weighted by Gasteiger charge is 2.20. The third kappa shape index (κ3) is 2.71. The molecule has 1 N–H and O–H groups in total. The van der Waals surface area contributed by atoms with Gasteiger partial charge in [0.15, 0.2) is 0 Å². The number of nitrogens with zero attached hydrogens (tertiary/aromatic N) is 4. The Morgan fingerprint density at radius 3 is 2.30 bits per heavy atom. The van der Waals surface area contributed by atoms with Crippen LogP contribution in [0, 0.1) is 13.8 Å². The molecule has 0 atom stereocenters. The molecule has 0 spiro atoms. The molecule has 0 radical (unpaired) electrons. The molecule has 0 saturated heterocycles. The number of anilines is 2. The monoisotopic (exact) mass is 397 g/mol. The Balaban J connectivity index is 1.91. The van der Waals surface area contributed by atoms with Crippen molar-refractivity contribution in [1.82, 2.24) is 18.6 Å². The third-order valence-corrected chi connectivity index (χ3v) is 5.09. The van der Waals surface area contributed by atoms with Crippen molar-refractivity contribution in [2.24, 2.45) is 0 Å². The van der Waals surface area contributed by atoms with E-state index in [1.54, 1.807) is 24.3 Å². The Morgan fingerprint density at radius 2 is 1.53 bits per heavy atom. The van der Waals surface area contributed by atoms with Crippen molar-refractivity contribution in [3.05, 3.63) is 105 Å². The number of rotatable bonds is 3. The maximum absolute atomic E-state index is 13.4. The summed E-state index contributed by atoms with van der Waals surface area (Å²) in [7, 11) is 0. The van der Waals surface area contributed by atoms with Gasteiger partial charge in [0, 0.05) is 5.69 Å². The number of fused-ring (bicyclic) bond motifs is 3. The SMILES string of the molecule is Cc1cccc(Nc2nc3cccc(C)c3n3c(=O)n(-c4ccccc4)c(=O)n23)c1. The fourth-order valence-electron chi connectivity index (χ4n) is 3.72. The minimum absolute atomic E-state index is 0.274. The highest BCUT2D eigenvalue weighted by molar-refractivity contribution is 5.79. The molecular weight excluding hydrogens is 378 g/mol. The van der Waals surface area contributed by atoms with E-state index in [0.29, 0.717) is 16.7 Å². The summed E-state index contributed by atoms with van der Waals surface area (Å²) in [6.45, 7) is 3.88. The summed E-state index contributed by atoms with van der Waals surface area (Å²) < 4.78 is 3.85. The second-order valence-electron chi connectivity index (χ2n) is 7.23. The van der Waals surface area contributed by atoms with Crippen molar-refractivity contribution in [2.45, 2.75) is 13.8 Å². The summed E-state index contributed by atoms with van der Waals surface area (Å²) in [6, 6.07) is 22.3. The molecule has 148 valence electrons. The molecule has 2 aromatic heterocycles. The number of aromatic nitrogens is 4. The normalized spacial score (nSPS) is 11.3. The maximum Gasteiger partial charge on any atom is 0.359 e. The minimum Gasteiger partial charge on any atom is -0.324 e. The molecule has 0 saturated carbocycles. The summed E-state index contributed by atoms with van der Waals surface area (Å²) in [4.78, 5) is 31.5. The number of para-hydroxylation sites is 2. The van der Waals surface area contributed by atoms with E-state index in [1.165, 1.54) is 9.03 Å². The number of nitrogens with one attached hydrogen (secondary N) is 1. The first-order chi connectivity index (χ1) is 14.5. The first-order valence-corrected chi connectivity index (χ1v) is 9.60. The van der Waals surface area contributed by atoms with E-state index in [-0.39, 0.29) is 5.95 Å². The largest absolute Gasteiger partial charge is 0.359 e. The number of hydrogen-bond donors (Lipinski definition) is 1. The van der Waals surface area contributed by atoms with Gasteiger partial charge in [0.2, 0.25) is 5.95 Å². The lowest BCUT2D eigenvalue weighted by atomic mass is 10.2. The standard InChI is InChI=1S/C23H19N5O2/c1-15-8-6-10-17(14-15)24-21-25-19-13-7-9-16(2)20(19)27-22(29)26(23(30)28(21)27)18-11-4-3-5-12-18/h3-14H,1-2H3,(H,24,25). The first-order valence-electron chi connectivity index (χ1n) is 9.60. The Morgan fingerprint density at radius 1 is 0.800 bits per heavy atom. The summed E-state index contributed by atoms with van der Waals surface area (Å²) in [5.74, 6) is 0.274. The van der Waals surface area contributed by atoms with Crippen molar-refractivity contribution in [3.63, 3.8) is 0 Å².